The summed E-state index contributed by atoms with van der Waals surface area (Å²) < 4.78 is 46.1. The lowest BCUT2D eigenvalue weighted by Gasteiger charge is -2.27. The molecule has 0 radical (unpaired) electrons. The van der Waals surface area contributed by atoms with Crippen LogP contribution in [0.3, 0.4) is 0 Å². The number of ether oxygens (including phenoxy) is 1. The minimum atomic E-state index is -4.23. The number of nitrogens with zero attached hydrogens (tertiary/aromatic N) is 4. The molecule has 2 atom stereocenters. The molecule has 2 N–H and O–H groups in total. The number of benzene rings is 1. The van der Waals surface area contributed by atoms with Crippen molar-refractivity contribution in [2.45, 2.75) is 16.6 Å². The number of sulfonamides is 1. The number of β-amino-alcohol motifs (C(OH)–C–C–N with tert-alkyl or cyclic N) is 1. The van der Waals surface area contributed by atoms with E-state index in [0.29, 0.717) is 0 Å². The number of rotatable bonds is 5. The van der Waals surface area contributed by atoms with Crippen molar-refractivity contribution in [3.63, 3.8) is 0 Å². The van der Waals surface area contributed by atoms with Gasteiger partial charge in [-0.05, 0) is 24.3 Å². The van der Waals surface area contributed by atoms with Gasteiger partial charge in [-0.2, -0.15) is 14.8 Å². The number of aromatic nitrogens is 1. The second-order valence-corrected chi connectivity index (χ2v) is 8.29. The summed E-state index contributed by atoms with van der Waals surface area (Å²) in [5.41, 5.74) is -2.48. The predicted molar refractivity (Wildman–Crippen MR) is 95.3 cm³/mol. The maximum absolute atomic E-state index is 13.8. The smallest absolute Gasteiger partial charge is 0.246 e. The van der Waals surface area contributed by atoms with E-state index in [-0.39, 0.29) is 28.4 Å². The largest absolute Gasteiger partial charge is 0.486 e. The lowest BCUT2D eigenvalue weighted by Crippen LogP contribution is -2.48. The third-order valence-electron chi connectivity index (χ3n) is 4.53. The molecule has 2 heterocycles. The molecular weight excluding hydrogens is 403 g/mol. The fourth-order valence-electron chi connectivity index (χ4n) is 2.95. The van der Waals surface area contributed by atoms with Gasteiger partial charge in [0, 0.05) is 18.8 Å². The van der Waals surface area contributed by atoms with Crippen LogP contribution in [0.25, 0.3) is 0 Å². The fourth-order valence-corrected chi connectivity index (χ4v) is 4.55. The Morgan fingerprint density at radius 3 is 2.72 bits per heavy atom. The van der Waals surface area contributed by atoms with E-state index in [1.807, 2.05) is 0 Å². The summed E-state index contributed by atoms with van der Waals surface area (Å²) in [6.07, 6.45) is 0.0496. The normalized spacial score (nSPS) is 22.0. The molecule has 9 nitrogen and oxygen atoms in total. The standard InChI is InChI=1S/C18H15FN4O5S/c19-14-6-13(4-3-12(14)7-20)28-17-9-23(10-18(17,25)11-24)29(26,27)16-2-1-5-22-15(16)8-21/h1-6,17,24-25H,9-11H2/t17-,18+/m0/s1. The zero-order valence-electron chi connectivity index (χ0n) is 14.9. The van der Waals surface area contributed by atoms with Gasteiger partial charge in [-0.1, -0.05) is 0 Å². The number of hydrogen-bond donors (Lipinski definition) is 2. The van der Waals surface area contributed by atoms with E-state index >= 15 is 0 Å². The first kappa shape index (κ1) is 20.6. The van der Waals surface area contributed by atoms with Gasteiger partial charge in [-0.25, -0.2) is 17.8 Å². The number of aliphatic hydroxyl groups is 2. The summed E-state index contributed by atoms with van der Waals surface area (Å²) >= 11 is 0. The minimum Gasteiger partial charge on any atom is -0.486 e. The van der Waals surface area contributed by atoms with Crippen molar-refractivity contribution in [1.29, 1.82) is 10.5 Å². The van der Waals surface area contributed by atoms with Crippen LogP contribution >= 0.6 is 0 Å². The summed E-state index contributed by atoms with van der Waals surface area (Å²) in [4.78, 5) is 3.39. The first-order valence-electron chi connectivity index (χ1n) is 8.30. The number of nitriles is 2. The first-order valence-corrected chi connectivity index (χ1v) is 9.74. The Bertz CT molecular complexity index is 1130. The van der Waals surface area contributed by atoms with Gasteiger partial charge in [-0.15, -0.1) is 0 Å². The highest BCUT2D eigenvalue weighted by Gasteiger charge is 2.51. The van der Waals surface area contributed by atoms with Crippen LogP contribution in [0.15, 0.2) is 41.4 Å². The maximum atomic E-state index is 13.8. The molecule has 1 aliphatic heterocycles. The number of halogens is 1. The van der Waals surface area contributed by atoms with Crippen LogP contribution in [0, 0.1) is 28.5 Å². The molecule has 0 saturated carbocycles. The van der Waals surface area contributed by atoms with Gasteiger partial charge in [0.1, 0.15) is 40.3 Å². The molecular formula is C18H15FN4O5S. The monoisotopic (exact) mass is 418 g/mol. The molecule has 0 unspecified atom stereocenters. The molecule has 0 spiro atoms. The predicted octanol–water partition coefficient (Wildman–Crippen LogP) is 0.139. The van der Waals surface area contributed by atoms with E-state index in [1.54, 1.807) is 12.1 Å². The summed E-state index contributed by atoms with van der Waals surface area (Å²) in [6.45, 7) is -1.68. The van der Waals surface area contributed by atoms with Crippen LogP contribution in [-0.2, 0) is 10.0 Å². The van der Waals surface area contributed by atoms with Crippen LogP contribution in [0.2, 0.25) is 0 Å². The van der Waals surface area contributed by atoms with Gasteiger partial charge in [0.25, 0.3) is 0 Å². The molecule has 1 aromatic carbocycles. The van der Waals surface area contributed by atoms with E-state index in [1.165, 1.54) is 30.5 Å². The Morgan fingerprint density at radius 1 is 1.34 bits per heavy atom. The molecule has 0 bridgehead atoms. The van der Waals surface area contributed by atoms with Crippen molar-refractivity contribution in [3.05, 3.63) is 53.6 Å². The average molecular weight is 418 g/mol. The summed E-state index contributed by atoms with van der Waals surface area (Å²) in [7, 11) is -4.23. The van der Waals surface area contributed by atoms with E-state index in [0.717, 1.165) is 10.4 Å². The highest BCUT2D eigenvalue weighted by molar-refractivity contribution is 7.89. The molecule has 1 fully saturated rings. The molecule has 1 saturated heterocycles. The second kappa shape index (κ2) is 7.73. The molecule has 2 aromatic rings. The third-order valence-corrected chi connectivity index (χ3v) is 6.37. The third kappa shape index (κ3) is 3.77. The number of aliphatic hydroxyl groups excluding tert-OH is 1. The van der Waals surface area contributed by atoms with Crippen molar-refractivity contribution in [1.82, 2.24) is 9.29 Å². The van der Waals surface area contributed by atoms with Gasteiger partial charge in [0.05, 0.1) is 18.7 Å². The summed E-state index contributed by atoms with van der Waals surface area (Å²) in [5, 5.41) is 38.2. The summed E-state index contributed by atoms with van der Waals surface area (Å²) in [5.74, 6) is -0.884. The Labute approximate surface area is 165 Å². The fraction of sp³-hybridized carbons (Fsp3) is 0.278. The summed E-state index contributed by atoms with van der Waals surface area (Å²) in [6, 6.07) is 9.34. The van der Waals surface area contributed by atoms with Gasteiger partial charge in [0.15, 0.2) is 5.69 Å². The molecule has 3 rings (SSSR count). The Hall–Kier alpha value is -3.09. The van der Waals surface area contributed by atoms with Crippen molar-refractivity contribution < 1.29 is 27.8 Å². The topological polar surface area (TPSA) is 148 Å². The molecule has 0 aliphatic carbocycles. The van der Waals surface area contributed by atoms with Crippen LogP contribution in [0.5, 0.6) is 5.75 Å². The van der Waals surface area contributed by atoms with Gasteiger partial charge in [-0.3, -0.25) is 0 Å². The average Bonchev–Trinajstić information content (AvgIpc) is 3.06. The Morgan fingerprint density at radius 2 is 2.10 bits per heavy atom. The molecule has 11 heteroatoms. The Balaban J connectivity index is 1.91. The molecule has 0 amide bonds. The van der Waals surface area contributed by atoms with E-state index in [9.17, 15) is 23.0 Å². The lowest BCUT2D eigenvalue weighted by atomic mass is 10.0. The van der Waals surface area contributed by atoms with Crippen molar-refractivity contribution >= 4 is 10.0 Å². The van der Waals surface area contributed by atoms with E-state index < -0.39 is 40.7 Å². The molecule has 29 heavy (non-hydrogen) atoms. The first-order chi connectivity index (χ1) is 13.7. The van der Waals surface area contributed by atoms with Crippen LogP contribution in [-0.4, -0.2) is 59.3 Å². The van der Waals surface area contributed by atoms with Crippen molar-refractivity contribution in [2.75, 3.05) is 19.7 Å². The molecule has 1 aliphatic rings. The SMILES string of the molecule is N#Cc1ccc(O[C@H]2CN(S(=O)(=O)c3cccnc3C#N)C[C@@]2(O)CO)cc1F. The lowest BCUT2D eigenvalue weighted by molar-refractivity contribution is -0.0641. The van der Waals surface area contributed by atoms with Crippen LogP contribution in [0.1, 0.15) is 11.3 Å². The number of pyridine rings is 1. The molecule has 1 aromatic heterocycles. The van der Waals surface area contributed by atoms with Crippen molar-refractivity contribution in [2.24, 2.45) is 0 Å². The quantitative estimate of drug-likeness (QED) is 0.697. The maximum Gasteiger partial charge on any atom is 0.246 e. The van der Waals surface area contributed by atoms with Gasteiger partial charge in [0.2, 0.25) is 10.0 Å². The van der Waals surface area contributed by atoms with Crippen LogP contribution in [0.4, 0.5) is 4.39 Å². The van der Waals surface area contributed by atoms with Gasteiger partial charge < -0.3 is 14.9 Å². The number of hydrogen-bond acceptors (Lipinski definition) is 8. The Kier molecular flexibility index (Phi) is 5.50. The van der Waals surface area contributed by atoms with E-state index in [4.69, 9.17) is 15.3 Å². The highest BCUT2D eigenvalue weighted by atomic mass is 32.2. The van der Waals surface area contributed by atoms with Crippen molar-refractivity contribution in [3.8, 4) is 17.9 Å². The second-order valence-electron chi connectivity index (χ2n) is 6.38. The molecule has 150 valence electrons. The highest BCUT2D eigenvalue weighted by Crippen LogP contribution is 2.31. The van der Waals surface area contributed by atoms with E-state index in [2.05, 4.69) is 4.98 Å². The zero-order chi connectivity index (χ0) is 21.2. The minimum absolute atomic E-state index is 0.0447. The van der Waals surface area contributed by atoms with Gasteiger partial charge >= 0.3 is 0 Å². The van der Waals surface area contributed by atoms with Crippen LogP contribution < -0.4 is 4.74 Å². The zero-order valence-corrected chi connectivity index (χ0v) is 15.7.